The molecule has 0 spiro atoms. The lowest BCUT2D eigenvalue weighted by atomic mass is 10.0. The highest BCUT2D eigenvalue weighted by molar-refractivity contribution is 7.15. The van der Waals surface area contributed by atoms with Crippen molar-refractivity contribution in [2.75, 3.05) is 13.7 Å². The van der Waals surface area contributed by atoms with Gasteiger partial charge in [-0.3, -0.25) is 9.20 Å². The summed E-state index contributed by atoms with van der Waals surface area (Å²) in [5.74, 6) is -0.770. The van der Waals surface area contributed by atoms with E-state index < -0.39 is 5.92 Å². The first kappa shape index (κ1) is 11.1. The molecule has 0 fully saturated rings. The van der Waals surface area contributed by atoms with Crippen molar-refractivity contribution >= 4 is 22.3 Å². The van der Waals surface area contributed by atoms with Crippen LogP contribution in [-0.4, -0.2) is 29.0 Å². The molecule has 6 heteroatoms. The van der Waals surface area contributed by atoms with E-state index in [9.17, 15) is 4.79 Å². The molecule has 2 aromatic heterocycles. The first-order valence-electron chi connectivity index (χ1n) is 4.89. The largest absolute Gasteiger partial charge is 0.468 e. The second-order valence-electron chi connectivity index (χ2n) is 3.45. The molecule has 1 atom stereocenters. The average molecular weight is 239 g/mol. The summed E-state index contributed by atoms with van der Waals surface area (Å²) >= 11 is 1.53. The lowest BCUT2D eigenvalue weighted by molar-refractivity contribution is -0.142. The average Bonchev–Trinajstić information content (AvgIpc) is 2.81. The number of methoxy groups -OCH3 is 1. The van der Waals surface area contributed by atoms with Gasteiger partial charge in [0.1, 0.15) is 5.92 Å². The second-order valence-corrected chi connectivity index (χ2v) is 4.32. The number of carbonyl (C=O) groups excluding carboxylic acids is 1. The zero-order valence-corrected chi connectivity index (χ0v) is 9.95. The van der Waals surface area contributed by atoms with Crippen molar-refractivity contribution in [1.82, 2.24) is 9.38 Å². The SMILES string of the molecule is COC(=O)C(CN)c1c(C)nc2sccn12. The van der Waals surface area contributed by atoms with E-state index in [1.54, 1.807) is 0 Å². The zero-order valence-electron chi connectivity index (χ0n) is 9.14. The molecule has 2 heterocycles. The number of hydrogen-bond acceptors (Lipinski definition) is 5. The number of hydrogen-bond donors (Lipinski definition) is 1. The van der Waals surface area contributed by atoms with Crippen molar-refractivity contribution in [3.63, 3.8) is 0 Å². The number of carbonyl (C=O) groups is 1. The van der Waals surface area contributed by atoms with Crippen LogP contribution in [0.5, 0.6) is 0 Å². The Bertz CT molecular complexity index is 517. The minimum atomic E-state index is -0.449. The van der Waals surface area contributed by atoms with E-state index >= 15 is 0 Å². The van der Waals surface area contributed by atoms with Crippen LogP contribution in [0.25, 0.3) is 4.96 Å². The van der Waals surface area contributed by atoms with Gasteiger partial charge in [-0.25, -0.2) is 4.98 Å². The van der Waals surface area contributed by atoms with E-state index in [1.807, 2.05) is 22.9 Å². The number of aryl methyl sites for hydroxylation is 1. The van der Waals surface area contributed by atoms with Crippen LogP contribution in [-0.2, 0) is 9.53 Å². The highest BCUT2D eigenvalue weighted by atomic mass is 32.1. The predicted molar refractivity (Wildman–Crippen MR) is 61.6 cm³/mol. The molecule has 0 aromatic carbocycles. The number of nitrogens with two attached hydrogens (primary N) is 1. The van der Waals surface area contributed by atoms with Gasteiger partial charge in [-0.05, 0) is 6.92 Å². The fourth-order valence-electron chi connectivity index (χ4n) is 1.79. The lowest BCUT2D eigenvalue weighted by Crippen LogP contribution is -2.24. The first-order valence-corrected chi connectivity index (χ1v) is 5.77. The normalized spacial score (nSPS) is 12.9. The van der Waals surface area contributed by atoms with Gasteiger partial charge in [-0.2, -0.15) is 0 Å². The van der Waals surface area contributed by atoms with Crippen molar-refractivity contribution in [1.29, 1.82) is 0 Å². The van der Waals surface area contributed by atoms with Gasteiger partial charge in [0.15, 0.2) is 4.96 Å². The van der Waals surface area contributed by atoms with Crippen LogP contribution >= 0.6 is 11.3 Å². The Morgan fingerprint density at radius 1 is 1.75 bits per heavy atom. The summed E-state index contributed by atoms with van der Waals surface area (Å²) in [4.78, 5) is 16.9. The van der Waals surface area contributed by atoms with Crippen molar-refractivity contribution < 1.29 is 9.53 Å². The number of rotatable bonds is 3. The van der Waals surface area contributed by atoms with Gasteiger partial charge in [-0.1, -0.05) is 0 Å². The van der Waals surface area contributed by atoms with Gasteiger partial charge in [-0.15, -0.1) is 11.3 Å². The topological polar surface area (TPSA) is 69.6 Å². The standard InChI is InChI=1S/C10H13N3O2S/c1-6-8(7(5-11)9(14)15-2)13-3-4-16-10(13)12-6/h3-4,7H,5,11H2,1-2H3. The lowest BCUT2D eigenvalue weighted by Gasteiger charge is -2.12. The van der Waals surface area contributed by atoms with Crippen LogP contribution in [0.2, 0.25) is 0 Å². The molecular formula is C10H13N3O2S. The number of nitrogens with zero attached hydrogens (tertiary/aromatic N) is 2. The molecule has 2 N–H and O–H groups in total. The highest BCUT2D eigenvalue weighted by Gasteiger charge is 2.26. The number of aromatic nitrogens is 2. The molecule has 5 nitrogen and oxygen atoms in total. The number of imidazole rings is 1. The van der Waals surface area contributed by atoms with E-state index in [0.717, 1.165) is 16.3 Å². The summed E-state index contributed by atoms with van der Waals surface area (Å²) < 4.78 is 6.65. The molecule has 0 bridgehead atoms. The molecule has 16 heavy (non-hydrogen) atoms. The number of fused-ring (bicyclic) bond motifs is 1. The van der Waals surface area contributed by atoms with Crippen molar-refractivity contribution in [3.05, 3.63) is 23.0 Å². The Kier molecular flexibility index (Phi) is 2.93. The summed E-state index contributed by atoms with van der Waals surface area (Å²) in [6.45, 7) is 2.10. The van der Waals surface area contributed by atoms with Crippen molar-refractivity contribution in [2.24, 2.45) is 5.73 Å². The number of ether oxygens (including phenoxy) is 1. The molecule has 0 saturated heterocycles. The number of esters is 1. The Balaban J connectivity index is 2.54. The summed E-state index contributed by atoms with van der Waals surface area (Å²) in [5, 5.41) is 1.93. The van der Waals surface area contributed by atoms with E-state index in [2.05, 4.69) is 4.98 Å². The molecule has 1 unspecified atom stereocenters. The third-order valence-corrected chi connectivity index (χ3v) is 3.29. The first-order chi connectivity index (χ1) is 7.69. The Labute approximate surface area is 96.8 Å². The van der Waals surface area contributed by atoms with E-state index in [4.69, 9.17) is 10.5 Å². The van der Waals surface area contributed by atoms with Gasteiger partial charge in [0.05, 0.1) is 18.5 Å². The molecular weight excluding hydrogens is 226 g/mol. The smallest absolute Gasteiger partial charge is 0.316 e. The predicted octanol–water partition coefficient (Wildman–Crippen LogP) is 0.920. The van der Waals surface area contributed by atoms with Gasteiger partial charge in [0, 0.05) is 18.1 Å². The third kappa shape index (κ3) is 1.60. The maximum absolute atomic E-state index is 11.6. The molecule has 0 aliphatic carbocycles. The Hall–Kier alpha value is -1.40. The van der Waals surface area contributed by atoms with Gasteiger partial charge in [0.2, 0.25) is 0 Å². The molecule has 2 aromatic rings. The van der Waals surface area contributed by atoms with E-state index in [-0.39, 0.29) is 12.5 Å². The van der Waals surface area contributed by atoms with Crippen LogP contribution < -0.4 is 5.73 Å². The Morgan fingerprint density at radius 3 is 3.12 bits per heavy atom. The molecule has 0 amide bonds. The van der Waals surface area contributed by atoms with Gasteiger partial charge >= 0.3 is 5.97 Å². The minimum Gasteiger partial charge on any atom is -0.468 e. The quantitative estimate of drug-likeness (QED) is 0.809. The fraction of sp³-hybridized carbons (Fsp3) is 0.400. The van der Waals surface area contributed by atoms with Crippen LogP contribution in [0, 0.1) is 6.92 Å². The van der Waals surface area contributed by atoms with E-state index in [1.165, 1.54) is 18.4 Å². The summed E-state index contributed by atoms with van der Waals surface area (Å²) in [7, 11) is 1.37. The monoisotopic (exact) mass is 239 g/mol. The molecule has 0 aliphatic rings. The van der Waals surface area contributed by atoms with Crippen molar-refractivity contribution in [3.8, 4) is 0 Å². The molecule has 0 radical (unpaired) electrons. The zero-order chi connectivity index (χ0) is 11.7. The van der Waals surface area contributed by atoms with Gasteiger partial charge in [0.25, 0.3) is 0 Å². The minimum absolute atomic E-state index is 0.219. The van der Waals surface area contributed by atoms with Crippen molar-refractivity contribution in [2.45, 2.75) is 12.8 Å². The highest BCUT2D eigenvalue weighted by Crippen LogP contribution is 2.24. The Morgan fingerprint density at radius 2 is 2.50 bits per heavy atom. The fourth-order valence-corrected chi connectivity index (χ4v) is 2.56. The van der Waals surface area contributed by atoms with E-state index in [0.29, 0.717) is 0 Å². The maximum atomic E-state index is 11.6. The molecule has 0 saturated carbocycles. The maximum Gasteiger partial charge on any atom is 0.316 e. The molecule has 2 rings (SSSR count). The summed E-state index contributed by atoms with van der Waals surface area (Å²) in [6, 6.07) is 0. The molecule has 86 valence electrons. The summed E-state index contributed by atoms with van der Waals surface area (Å²) in [6.07, 6.45) is 1.89. The van der Waals surface area contributed by atoms with Crippen LogP contribution in [0.15, 0.2) is 11.6 Å². The summed E-state index contributed by atoms with van der Waals surface area (Å²) in [5.41, 5.74) is 7.28. The second kappa shape index (κ2) is 4.23. The molecule has 0 aliphatic heterocycles. The third-order valence-electron chi connectivity index (χ3n) is 2.53. The van der Waals surface area contributed by atoms with Crippen LogP contribution in [0.1, 0.15) is 17.3 Å². The van der Waals surface area contributed by atoms with Crippen LogP contribution in [0.4, 0.5) is 0 Å². The van der Waals surface area contributed by atoms with Crippen LogP contribution in [0.3, 0.4) is 0 Å². The number of thiazole rings is 1. The van der Waals surface area contributed by atoms with Gasteiger partial charge < -0.3 is 10.5 Å².